The van der Waals surface area contributed by atoms with Crippen molar-refractivity contribution in [3.63, 3.8) is 0 Å². The largest absolute Gasteiger partial charge is 0.481 e. The molecule has 0 aliphatic rings. The van der Waals surface area contributed by atoms with Crippen molar-refractivity contribution in [3.05, 3.63) is 47.9 Å². The highest BCUT2D eigenvalue weighted by Gasteiger charge is 2.18. The minimum Gasteiger partial charge on any atom is -0.481 e. The SMILES string of the molecule is Cc1cc(-c2ccccc2)nc(C(C)C(=O)O)n1. The lowest BCUT2D eigenvalue weighted by atomic mass is 10.1. The number of aromatic nitrogens is 2. The number of carboxylic acids is 1. The number of rotatable bonds is 3. The molecule has 1 atom stereocenters. The topological polar surface area (TPSA) is 63.1 Å². The standard InChI is InChI=1S/C14H14N2O2/c1-9-8-12(11-6-4-3-5-7-11)16-13(15-9)10(2)14(17)18/h3-8,10H,1-2H3,(H,17,18). The summed E-state index contributed by atoms with van der Waals surface area (Å²) in [5, 5.41) is 9.01. The summed E-state index contributed by atoms with van der Waals surface area (Å²) in [6.07, 6.45) is 0. The van der Waals surface area contributed by atoms with Crippen LogP contribution in [0, 0.1) is 6.92 Å². The lowest BCUT2D eigenvalue weighted by molar-refractivity contribution is -0.138. The molecule has 1 heterocycles. The van der Waals surface area contributed by atoms with Crippen molar-refractivity contribution in [1.29, 1.82) is 0 Å². The van der Waals surface area contributed by atoms with Gasteiger partial charge < -0.3 is 5.11 Å². The van der Waals surface area contributed by atoms with E-state index >= 15 is 0 Å². The van der Waals surface area contributed by atoms with E-state index in [1.54, 1.807) is 6.92 Å². The number of aryl methyl sites for hydroxylation is 1. The van der Waals surface area contributed by atoms with E-state index in [1.807, 2.05) is 43.3 Å². The fourth-order valence-electron chi connectivity index (χ4n) is 1.65. The first-order valence-corrected chi connectivity index (χ1v) is 5.71. The highest BCUT2D eigenvalue weighted by molar-refractivity contribution is 5.74. The van der Waals surface area contributed by atoms with E-state index in [1.165, 1.54) is 0 Å². The lowest BCUT2D eigenvalue weighted by Gasteiger charge is -2.08. The molecule has 0 radical (unpaired) electrons. The molecular formula is C14H14N2O2. The zero-order valence-electron chi connectivity index (χ0n) is 10.3. The second-order valence-electron chi connectivity index (χ2n) is 4.18. The number of aliphatic carboxylic acids is 1. The van der Waals surface area contributed by atoms with Crippen LogP contribution in [0.25, 0.3) is 11.3 Å². The zero-order valence-corrected chi connectivity index (χ0v) is 10.3. The molecule has 1 unspecified atom stereocenters. The third-order valence-electron chi connectivity index (χ3n) is 2.70. The Labute approximate surface area is 105 Å². The first-order chi connectivity index (χ1) is 8.58. The minimum absolute atomic E-state index is 0.348. The third kappa shape index (κ3) is 2.53. The number of carboxylic acid groups (broad SMARTS) is 1. The number of benzene rings is 1. The van der Waals surface area contributed by atoms with Gasteiger partial charge in [-0.2, -0.15) is 0 Å². The molecule has 92 valence electrons. The summed E-state index contributed by atoms with van der Waals surface area (Å²) in [4.78, 5) is 19.5. The van der Waals surface area contributed by atoms with Crippen LogP contribution in [0.15, 0.2) is 36.4 Å². The van der Waals surface area contributed by atoms with Crippen LogP contribution in [-0.4, -0.2) is 21.0 Å². The fourth-order valence-corrected chi connectivity index (χ4v) is 1.65. The highest BCUT2D eigenvalue weighted by Crippen LogP contribution is 2.20. The maximum atomic E-state index is 11.0. The monoisotopic (exact) mass is 242 g/mol. The molecule has 2 rings (SSSR count). The van der Waals surface area contributed by atoms with Crippen LogP contribution in [0.5, 0.6) is 0 Å². The Morgan fingerprint density at radius 2 is 1.89 bits per heavy atom. The molecule has 2 aromatic rings. The van der Waals surface area contributed by atoms with E-state index in [-0.39, 0.29) is 0 Å². The van der Waals surface area contributed by atoms with Gasteiger partial charge in [0.25, 0.3) is 0 Å². The Kier molecular flexibility index (Phi) is 3.37. The van der Waals surface area contributed by atoms with Crippen LogP contribution in [-0.2, 0) is 4.79 Å². The van der Waals surface area contributed by atoms with Gasteiger partial charge in [-0.05, 0) is 19.9 Å². The highest BCUT2D eigenvalue weighted by atomic mass is 16.4. The molecular weight excluding hydrogens is 228 g/mol. The Morgan fingerprint density at radius 1 is 1.22 bits per heavy atom. The van der Waals surface area contributed by atoms with Crippen molar-refractivity contribution < 1.29 is 9.90 Å². The van der Waals surface area contributed by atoms with Crippen molar-refractivity contribution in [2.45, 2.75) is 19.8 Å². The van der Waals surface area contributed by atoms with Crippen molar-refractivity contribution in [2.75, 3.05) is 0 Å². The molecule has 0 saturated heterocycles. The molecule has 0 bridgehead atoms. The van der Waals surface area contributed by atoms with Crippen LogP contribution in [0.1, 0.15) is 24.4 Å². The van der Waals surface area contributed by atoms with Gasteiger partial charge in [-0.15, -0.1) is 0 Å². The second kappa shape index (κ2) is 4.96. The molecule has 0 aliphatic carbocycles. The molecule has 0 saturated carbocycles. The van der Waals surface area contributed by atoms with E-state index in [9.17, 15) is 4.79 Å². The Hall–Kier alpha value is -2.23. The predicted octanol–water partition coefficient (Wildman–Crippen LogP) is 2.64. The molecule has 1 aromatic carbocycles. The quantitative estimate of drug-likeness (QED) is 0.898. The van der Waals surface area contributed by atoms with Gasteiger partial charge in [-0.25, -0.2) is 9.97 Å². The van der Waals surface area contributed by atoms with E-state index in [4.69, 9.17) is 5.11 Å². The molecule has 0 fully saturated rings. The van der Waals surface area contributed by atoms with E-state index in [2.05, 4.69) is 9.97 Å². The Morgan fingerprint density at radius 3 is 2.50 bits per heavy atom. The summed E-state index contributed by atoms with van der Waals surface area (Å²) in [5.74, 6) is -1.27. The maximum absolute atomic E-state index is 11.0. The number of carbonyl (C=O) groups is 1. The van der Waals surface area contributed by atoms with Gasteiger partial charge in [0, 0.05) is 11.3 Å². The van der Waals surface area contributed by atoms with Gasteiger partial charge in [0.05, 0.1) is 5.69 Å². The number of hydrogen-bond acceptors (Lipinski definition) is 3. The van der Waals surface area contributed by atoms with Crippen LogP contribution in [0.4, 0.5) is 0 Å². The van der Waals surface area contributed by atoms with Gasteiger partial charge in [0.15, 0.2) is 0 Å². The van der Waals surface area contributed by atoms with Gasteiger partial charge in [0.2, 0.25) is 0 Å². The van der Waals surface area contributed by atoms with Gasteiger partial charge in [-0.3, -0.25) is 4.79 Å². The number of nitrogens with zero attached hydrogens (tertiary/aromatic N) is 2. The van der Waals surface area contributed by atoms with Crippen molar-refractivity contribution in [3.8, 4) is 11.3 Å². The first kappa shape index (κ1) is 12.2. The van der Waals surface area contributed by atoms with Gasteiger partial charge >= 0.3 is 5.97 Å². The first-order valence-electron chi connectivity index (χ1n) is 5.71. The zero-order chi connectivity index (χ0) is 13.1. The summed E-state index contributed by atoms with van der Waals surface area (Å²) < 4.78 is 0. The Bertz CT molecular complexity index is 567. The minimum atomic E-state index is -0.917. The molecule has 0 aliphatic heterocycles. The lowest BCUT2D eigenvalue weighted by Crippen LogP contribution is -2.12. The molecule has 0 amide bonds. The fraction of sp³-hybridized carbons (Fsp3) is 0.214. The summed E-state index contributed by atoms with van der Waals surface area (Å²) >= 11 is 0. The summed E-state index contributed by atoms with van der Waals surface area (Å²) in [6, 6.07) is 11.5. The molecule has 4 nitrogen and oxygen atoms in total. The summed E-state index contributed by atoms with van der Waals surface area (Å²) in [7, 11) is 0. The van der Waals surface area contributed by atoms with Crippen LogP contribution >= 0.6 is 0 Å². The van der Waals surface area contributed by atoms with Crippen molar-refractivity contribution >= 4 is 5.97 Å². The second-order valence-corrected chi connectivity index (χ2v) is 4.18. The third-order valence-corrected chi connectivity index (χ3v) is 2.70. The summed E-state index contributed by atoms with van der Waals surface area (Å²) in [5.41, 5.74) is 2.49. The van der Waals surface area contributed by atoms with E-state index < -0.39 is 11.9 Å². The molecule has 1 aromatic heterocycles. The van der Waals surface area contributed by atoms with E-state index in [0.29, 0.717) is 5.82 Å². The maximum Gasteiger partial charge on any atom is 0.313 e. The molecule has 0 spiro atoms. The van der Waals surface area contributed by atoms with Crippen molar-refractivity contribution in [2.24, 2.45) is 0 Å². The number of hydrogen-bond donors (Lipinski definition) is 1. The normalized spacial score (nSPS) is 12.1. The summed E-state index contributed by atoms with van der Waals surface area (Å²) in [6.45, 7) is 3.43. The smallest absolute Gasteiger partial charge is 0.313 e. The average molecular weight is 242 g/mol. The predicted molar refractivity (Wildman–Crippen MR) is 68.3 cm³/mol. The van der Waals surface area contributed by atoms with Gasteiger partial charge in [-0.1, -0.05) is 30.3 Å². The molecule has 18 heavy (non-hydrogen) atoms. The van der Waals surface area contributed by atoms with Crippen molar-refractivity contribution in [1.82, 2.24) is 9.97 Å². The van der Waals surface area contributed by atoms with Gasteiger partial charge in [0.1, 0.15) is 11.7 Å². The average Bonchev–Trinajstić information content (AvgIpc) is 2.38. The molecule has 4 heteroatoms. The molecule has 1 N–H and O–H groups in total. The Balaban J connectivity index is 2.48. The van der Waals surface area contributed by atoms with Crippen LogP contribution < -0.4 is 0 Å². The van der Waals surface area contributed by atoms with E-state index in [0.717, 1.165) is 17.0 Å². The van der Waals surface area contributed by atoms with Crippen LogP contribution in [0.3, 0.4) is 0 Å². The van der Waals surface area contributed by atoms with Crippen LogP contribution in [0.2, 0.25) is 0 Å².